The van der Waals surface area contributed by atoms with E-state index in [1.54, 1.807) is 0 Å². The molecule has 1 atom stereocenters. The third-order valence-electron chi connectivity index (χ3n) is 4.09. The van der Waals surface area contributed by atoms with Gasteiger partial charge in [0.2, 0.25) is 0 Å². The van der Waals surface area contributed by atoms with Gasteiger partial charge in [-0.05, 0) is 35.1 Å². The quantitative estimate of drug-likeness (QED) is 0.707. The van der Waals surface area contributed by atoms with E-state index in [2.05, 4.69) is 63.3 Å². The van der Waals surface area contributed by atoms with Crippen molar-refractivity contribution in [3.63, 3.8) is 0 Å². The third-order valence-corrected chi connectivity index (χ3v) is 4.09. The standard InChI is InChI=1S/C17H15N3/c1-2-4-13(5-3-1)14-6-8-16-15(10-14)7-9-17(16)20-11-18-19-12-20/h1-6,8,10-12,17H,7,9H2. The molecule has 3 aromatic rings. The number of benzene rings is 2. The molecular weight excluding hydrogens is 246 g/mol. The van der Waals surface area contributed by atoms with Gasteiger partial charge in [0, 0.05) is 0 Å². The highest BCUT2D eigenvalue weighted by atomic mass is 15.2. The van der Waals surface area contributed by atoms with Crippen LogP contribution in [-0.4, -0.2) is 14.8 Å². The normalized spacial score (nSPS) is 17.1. The molecule has 4 rings (SSSR count). The Balaban J connectivity index is 1.74. The molecule has 0 amide bonds. The van der Waals surface area contributed by atoms with Gasteiger partial charge >= 0.3 is 0 Å². The first-order valence-electron chi connectivity index (χ1n) is 6.94. The van der Waals surface area contributed by atoms with Crippen LogP contribution >= 0.6 is 0 Å². The Morgan fingerprint density at radius 1 is 0.900 bits per heavy atom. The molecule has 1 heterocycles. The minimum atomic E-state index is 0.393. The third kappa shape index (κ3) is 1.83. The molecule has 3 nitrogen and oxygen atoms in total. The summed E-state index contributed by atoms with van der Waals surface area (Å²) in [6.07, 6.45) is 5.88. The summed E-state index contributed by atoms with van der Waals surface area (Å²) in [5.74, 6) is 0. The molecule has 0 saturated carbocycles. The van der Waals surface area contributed by atoms with Gasteiger partial charge in [0.05, 0.1) is 6.04 Å². The Kier molecular flexibility index (Phi) is 2.62. The van der Waals surface area contributed by atoms with Crippen molar-refractivity contribution in [1.29, 1.82) is 0 Å². The molecular formula is C17H15N3. The summed E-state index contributed by atoms with van der Waals surface area (Å²) >= 11 is 0. The van der Waals surface area contributed by atoms with E-state index in [1.165, 1.54) is 22.3 Å². The second-order valence-electron chi connectivity index (χ2n) is 5.24. The first-order chi connectivity index (χ1) is 9.92. The van der Waals surface area contributed by atoms with E-state index in [4.69, 9.17) is 0 Å². The van der Waals surface area contributed by atoms with Crippen LogP contribution in [0.2, 0.25) is 0 Å². The van der Waals surface area contributed by atoms with Crippen LogP contribution < -0.4 is 0 Å². The fraction of sp³-hybridized carbons (Fsp3) is 0.176. The first kappa shape index (κ1) is 11.4. The number of aryl methyl sites for hydroxylation is 1. The fourth-order valence-corrected chi connectivity index (χ4v) is 3.08. The Morgan fingerprint density at radius 2 is 1.70 bits per heavy atom. The number of rotatable bonds is 2. The lowest BCUT2D eigenvalue weighted by atomic mass is 10.00. The summed E-state index contributed by atoms with van der Waals surface area (Å²) < 4.78 is 2.11. The summed E-state index contributed by atoms with van der Waals surface area (Å²) in [7, 11) is 0. The summed E-state index contributed by atoms with van der Waals surface area (Å²) in [5, 5.41) is 7.84. The van der Waals surface area contributed by atoms with E-state index < -0.39 is 0 Å². The minimum absolute atomic E-state index is 0.393. The zero-order valence-corrected chi connectivity index (χ0v) is 11.1. The van der Waals surface area contributed by atoms with Crippen molar-refractivity contribution in [2.24, 2.45) is 0 Å². The van der Waals surface area contributed by atoms with Gasteiger partial charge in [0.1, 0.15) is 12.7 Å². The monoisotopic (exact) mass is 261 g/mol. The Labute approximate surface area is 117 Å². The van der Waals surface area contributed by atoms with Crippen molar-refractivity contribution >= 4 is 0 Å². The zero-order chi connectivity index (χ0) is 13.4. The van der Waals surface area contributed by atoms with Crippen molar-refractivity contribution in [3.8, 4) is 11.1 Å². The molecule has 0 spiro atoms. The maximum Gasteiger partial charge on any atom is 0.119 e. The molecule has 1 aromatic heterocycles. The van der Waals surface area contributed by atoms with Gasteiger partial charge in [-0.3, -0.25) is 0 Å². The highest BCUT2D eigenvalue weighted by Crippen LogP contribution is 2.36. The molecule has 2 aromatic carbocycles. The largest absolute Gasteiger partial charge is 0.313 e. The van der Waals surface area contributed by atoms with Crippen LogP contribution in [0.15, 0.2) is 61.2 Å². The molecule has 1 aliphatic rings. The summed E-state index contributed by atoms with van der Waals surface area (Å²) in [6.45, 7) is 0. The van der Waals surface area contributed by atoms with Gasteiger partial charge in [-0.15, -0.1) is 10.2 Å². The molecule has 0 saturated heterocycles. The topological polar surface area (TPSA) is 30.7 Å². The highest BCUT2D eigenvalue weighted by molar-refractivity contribution is 5.65. The van der Waals surface area contributed by atoms with Gasteiger partial charge in [0.25, 0.3) is 0 Å². The smallest absolute Gasteiger partial charge is 0.119 e. The lowest BCUT2D eigenvalue weighted by molar-refractivity contribution is 0.578. The van der Waals surface area contributed by atoms with E-state index in [0.29, 0.717) is 6.04 Å². The molecule has 0 bridgehead atoms. The molecule has 0 radical (unpaired) electrons. The predicted octanol–water partition coefficient (Wildman–Crippen LogP) is 3.48. The van der Waals surface area contributed by atoms with E-state index in [1.807, 2.05) is 12.7 Å². The number of aromatic nitrogens is 3. The molecule has 0 N–H and O–H groups in total. The van der Waals surface area contributed by atoms with Gasteiger partial charge in [0.15, 0.2) is 0 Å². The number of nitrogens with zero attached hydrogens (tertiary/aromatic N) is 3. The summed E-state index contributed by atoms with van der Waals surface area (Å²) in [5.41, 5.74) is 5.44. The Morgan fingerprint density at radius 3 is 2.50 bits per heavy atom. The van der Waals surface area contributed by atoms with Gasteiger partial charge < -0.3 is 4.57 Å². The molecule has 3 heteroatoms. The lowest BCUT2D eigenvalue weighted by Crippen LogP contribution is -2.04. The maximum absolute atomic E-state index is 3.92. The van der Waals surface area contributed by atoms with Gasteiger partial charge in [-0.25, -0.2) is 0 Å². The molecule has 98 valence electrons. The molecule has 0 aliphatic heterocycles. The minimum Gasteiger partial charge on any atom is -0.313 e. The van der Waals surface area contributed by atoms with Crippen LogP contribution in [0.4, 0.5) is 0 Å². The van der Waals surface area contributed by atoms with Crippen LogP contribution in [0.25, 0.3) is 11.1 Å². The summed E-state index contributed by atoms with van der Waals surface area (Å²) in [6, 6.07) is 17.7. The average molecular weight is 261 g/mol. The number of hydrogen-bond acceptors (Lipinski definition) is 2. The lowest BCUT2D eigenvalue weighted by Gasteiger charge is -2.13. The van der Waals surface area contributed by atoms with Crippen molar-refractivity contribution in [2.45, 2.75) is 18.9 Å². The zero-order valence-electron chi connectivity index (χ0n) is 11.1. The second kappa shape index (κ2) is 4.60. The molecule has 20 heavy (non-hydrogen) atoms. The van der Waals surface area contributed by atoms with Crippen molar-refractivity contribution in [1.82, 2.24) is 14.8 Å². The van der Waals surface area contributed by atoms with Crippen molar-refractivity contribution in [2.75, 3.05) is 0 Å². The van der Waals surface area contributed by atoms with E-state index in [9.17, 15) is 0 Å². The molecule has 1 unspecified atom stereocenters. The summed E-state index contributed by atoms with van der Waals surface area (Å²) in [4.78, 5) is 0. The molecule has 0 fully saturated rings. The Hall–Kier alpha value is -2.42. The van der Waals surface area contributed by atoms with Crippen LogP contribution in [-0.2, 0) is 6.42 Å². The van der Waals surface area contributed by atoms with E-state index in [0.717, 1.165) is 12.8 Å². The highest BCUT2D eigenvalue weighted by Gasteiger charge is 2.23. The van der Waals surface area contributed by atoms with Gasteiger partial charge in [-0.2, -0.15) is 0 Å². The maximum atomic E-state index is 3.92. The van der Waals surface area contributed by atoms with Crippen molar-refractivity contribution in [3.05, 3.63) is 72.3 Å². The Bertz CT molecular complexity index is 717. The van der Waals surface area contributed by atoms with Gasteiger partial charge in [-0.1, -0.05) is 48.5 Å². The predicted molar refractivity (Wildman–Crippen MR) is 78.4 cm³/mol. The SMILES string of the molecule is c1ccc(-c2ccc3c(c2)CCC3n2cnnc2)cc1. The molecule has 1 aliphatic carbocycles. The average Bonchev–Trinajstić information content (AvgIpc) is 3.16. The van der Waals surface area contributed by atoms with Crippen LogP contribution in [0.1, 0.15) is 23.6 Å². The fourth-order valence-electron chi connectivity index (χ4n) is 3.08. The van der Waals surface area contributed by atoms with E-state index >= 15 is 0 Å². The van der Waals surface area contributed by atoms with Crippen LogP contribution in [0.5, 0.6) is 0 Å². The van der Waals surface area contributed by atoms with E-state index in [-0.39, 0.29) is 0 Å². The second-order valence-corrected chi connectivity index (χ2v) is 5.24. The van der Waals surface area contributed by atoms with Crippen LogP contribution in [0, 0.1) is 0 Å². The number of fused-ring (bicyclic) bond motifs is 1. The van der Waals surface area contributed by atoms with Crippen molar-refractivity contribution < 1.29 is 0 Å². The first-order valence-corrected chi connectivity index (χ1v) is 6.94. The van der Waals surface area contributed by atoms with Crippen LogP contribution in [0.3, 0.4) is 0 Å². The number of hydrogen-bond donors (Lipinski definition) is 0.